The lowest BCUT2D eigenvalue weighted by atomic mass is 10.2. The van der Waals surface area contributed by atoms with Gasteiger partial charge in [0.15, 0.2) is 5.13 Å². The largest absolute Gasteiger partial charge is 0.362 e. The molecular formula is C16H21N5O4S2. The summed E-state index contributed by atoms with van der Waals surface area (Å²) in [7, 11) is -2.46. The van der Waals surface area contributed by atoms with Gasteiger partial charge >= 0.3 is 0 Å². The molecule has 2 aromatic rings. The van der Waals surface area contributed by atoms with Crippen molar-refractivity contribution in [2.75, 3.05) is 43.0 Å². The number of anilines is 2. The van der Waals surface area contributed by atoms with Gasteiger partial charge in [-0.25, -0.2) is 18.1 Å². The van der Waals surface area contributed by atoms with E-state index in [4.69, 9.17) is 0 Å². The zero-order valence-corrected chi connectivity index (χ0v) is 16.9. The first-order valence-corrected chi connectivity index (χ1v) is 10.7. The number of thiazole rings is 1. The van der Waals surface area contributed by atoms with Crippen molar-refractivity contribution in [1.82, 2.24) is 9.71 Å². The molecule has 1 aliphatic heterocycles. The van der Waals surface area contributed by atoms with E-state index in [9.17, 15) is 18.5 Å². The van der Waals surface area contributed by atoms with Gasteiger partial charge in [-0.15, -0.1) is 11.3 Å². The number of nitro groups is 1. The highest BCUT2D eigenvalue weighted by Gasteiger charge is 2.27. The summed E-state index contributed by atoms with van der Waals surface area (Å²) in [5.41, 5.74) is 1.25. The molecule has 9 nitrogen and oxygen atoms in total. The van der Waals surface area contributed by atoms with E-state index in [0.717, 1.165) is 16.9 Å². The van der Waals surface area contributed by atoms with Gasteiger partial charge in [0.25, 0.3) is 5.69 Å². The molecule has 146 valence electrons. The Kier molecular flexibility index (Phi) is 5.36. The smallest absolute Gasteiger partial charge is 0.293 e. The van der Waals surface area contributed by atoms with Crippen LogP contribution in [0.1, 0.15) is 10.6 Å². The van der Waals surface area contributed by atoms with Crippen molar-refractivity contribution in [2.24, 2.45) is 0 Å². The van der Waals surface area contributed by atoms with E-state index in [-0.39, 0.29) is 10.6 Å². The van der Waals surface area contributed by atoms with Gasteiger partial charge in [-0.1, -0.05) is 0 Å². The van der Waals surface area contributed by atoms with E-state index in [2.05, 4.69) is 14.6 Å². The van der Waals surface area contributed by atoms with E-state index in [0.29, 0.717) is 31.9 Å². The third kappa shape index (κ3) is 3.89. The Morgan fingerprint density at radius 2 is 1.81 bits per heavy atom. The van der Waals surface area contributed by atoms with Crippen LogP contribution >= 0.6 is 11.3 Å². The zero-order chi connectivity index (χ0) is 19.8. The Labute approximate surface area is 161 Å². The number of nitro benzene ring substituents is 1. The molecule has 1 aliphatic rings. The molecule has 3 rings (SSSR count). The van der Waals surface area contributed by atoms with Gasteiger partial charge in [0.1, 0.15) is 5.69 Å². The highest BCUT2D eigenvalue weighted by Crippen LogP contribution is 2.33. The van der Waals surface area contributed by atoms with Crippen LogP contribution in [0.4, 0.5) is 16.5 Å². The van der Waals surface area contributed by atoms with E-state index in [1.807, 2.05) is 18.7 Å². The third-order valence-electron chi connectivity index (χ3n) is 4.63. The van der Waals surface area contributed by atoms with Crippen molar-refractivity contribution in [3.8, 4) is 0 Å². The average Bonchev–Trinajstić information content (AvgIpc) is 3.00. The van der Waals surface area contributed by atoms with E-state index in [1.165, 1.54) is 24.1 Å². The molecule has 0 spiro atoms. The molecule has 0 saturated carbocycles. The van der Waals surface area contributed by atoms with Crippen LogP contribution in [-0.4, -0.2) is 51.6 Å². The normalized spacial score (nSPS) is 15.2. The van der Waals surface area contributed by atoms with Crippen molar-refractivity contribution >= 4 is 37.9 Å². The van der Waals surface area contributed by atoms with E-state index in [1.54, 1.807) is 11.3 Å². The second kappa shape index (κ2) is 7.41. The molecule has 1 aromatic heterocycles. The van der Waals surface area contributed by atoms with Crippen molar-refractivity contribution < 1.29 is 13.3 Å². The van der Waals surface area contributed by atoms with Crippen LogP contribution in [0.3, 0.4) is 0 Å². The molecule has 1 N–H and O–H groups in total. The number of aryl methyl sites for hydroxylation is 2. The van der Waals surface area contributed by atoms with Gasteiger partial charge in [-0.3, -0.25) is 10.1 Å². The Bertz CT molecular complexity index is 946. The fourth-order valence-corrected chi connectivity index (χ4v) is 4.64. The van der Waals surface area contributed by atoms with Crippen LogP contribution in [0.2, 0.25) is 0 Å². The molecule has 0 bridgehead atoms. The summed E-state index contributed by atoms with van der Waals surface area (Å²) >= 11 is 1.65. The number of rotatable bonds is 5. The SMILES string of the molecule is CNS(=O)(=O)c1ccc(N2CCN(c3nc(C)c(C)s3)CC2)c([N+](=O)[O-])c1. The standard InChI is InChI=1S/C16H21N5O4S2/c1-11-12(2)26-16(18-11)20-8-6-19(7-9-20)14-5-4-13(27(24,25)17-3)10-15(14)21(22)23/h4-5,10,17H,6-9H2,1-3H3. The number of benzene rings is 1. The van der Waals surface area contributed by atoms with Crippen molar-refractivity contribution in [3.63, 3.8) is 0 Å². The number of piperazine rings is 1. The van der Waals surface area contributed by atoms with Gasteiger partial charge in [-0.05, 0) is 33.0 Å². The van der Waals surface area contributed by atoms with E-state index < -0.39 is 14.9 Å². The Morgan fingerprint density at radius 3 is 2.33 bits per heavy atom. The number of nitrogens with zero attached hydrogens (tertiary/aromatic N) is 4. The van der Waals surface area contributed by atoms with Crippen LogP contribution in [0, 0.1) is 24.0 Å². The van der Waals surface area contributed by atoms with Crippen LogP contribution in [0.5, 0.6) is 0 Å². The van der Waals surface area contributed by atoms with Crippen molar-refractivity contribution in [2.45, 2.75) is 18.7 Å². The molecule has 0 unspecified atom stereocenters. The van der Waals surface area contributed by atoms with Crippen LogP contribution in [0.25, 0.3) is 0 Å². The van der Waals surface area contributed by atoms with Crippen LogP contribution in [-0.2, 0) is 10.0 Å². The minimum atomic E-state index is -3.74. The Morgan fingerprint density at radius 1 is 1.19 bits per heavy atom. The maximum atomic E-state index is 11.9. The summed E-state index contributed by atoms with van der Waals surface area (Å²) in [5, 5.41) is 12.5. The molecule has 0 amide bonds. The molecule has 11 heteroatoms. The second-order valence-electron chi connectivity index (χ2n) is 6.23. The number of sulfonamides is 1. The predicted molar refractivity (Wildman–Crippen MR) is 105 cm³/mol. The molecule has 0 aliphatic carbocycles. The lowest BCUT2D eigenvalue weighted by molar-refractivity contribution is -0.384. The van der Waals surface area contributed by atoms with Crippen molar-refractivity contribution in [1.29, 1.82) is 0 Å². The fraction of sp³-hybridized carbons (Fsp3) is 0.438. The molecule has 2 heterocycles. The summed E-state index contributed by atoms with van der Waals surface area (Å²) in [6.45, 7) is 6.60. The second-order valence-corrected chi connectivity index (χ2v) is 9.30. The molecular weight excluding hydrogens is 390 g/mol. The Hall–Kier alpha value is -2.24. The van der Waals surface area contributed by atoms with Crippen LogP contribution < -0.4 is 14.5 Å². The minimum absolute atomic E-state index is 0.118. The summed E-state index contributed by atoms with van der Waals surface area (Å²) in [5.74, 6) is 0. The predicted octanol–water partition coefficient (Wildman–Crippen LogP) is 1.90. The molecule has 27 heavy (non-hydrogen) atoms. The number of aromatic nitrogens is 1. The highest BCUT2D eigenvalue weighted by molar-refractivity contribution is 7.89. The van der Waals surface area contributed by atoms with Crippen molar-refractivity contribution in [3.05, 3.63) is 38.9 Å². The molecule has 1 fully saturated rings. The molecule has 1 aromatic carbocycles. The first kappa shape index (κ1) is 19.5. The van der Waals surface area contributed by atoms with Gasteiger partial charge < -0.3 is 9.80 Å². The molecule has 1 saturated heterocycles. The van der Waals surface area contributed by atoms with Gasteiger partial charge in [0.2, 0.25) is 10.0 Å². The summed E-state index contributed by atoms with van der Waals surface area (Å²) in [4.78, 5) is 20.7. The summed E-state index contributed by atoms with van der Waals surface area (Å²) < 4.78 is 26.0. The highest BCUT2D eigenvalue weighted by atomic mass is 32.2. The quantitative estimate of drug-likeness (QED) is 0.591. The fourth-order valence-electron chi connectivity index (χ4n) is 2.93. The summed E-state index contributed by atoms with van der Waals surface area (Å²) in [6.07, 6.45) is 0. The topological polar surface area (TPSA) is 109 Å². The summed E-state index contributed by atoms with van der Waals surface area (Å²) in [6, 6.07) is 4.02. The third-order valence-corrected chi connectivity index (χ3v) is 7.18. The first-order valence-electron chi connectivity index (χ1n) is 8.39. The minimum Gasteiger partial charge on any atom is -0.362 e. The zero-order valence-electron chi connectivity index (χ0n) is 15.3. The molecule has 0 radical (unpaired) electrons. The average molecular weight is 412 g/mol. The monoisotopic (exact) mass is 411 g/mol. The first-order chi connectivity index (χ1) is 12.7. The van der Waals surface area contributed by atoms with Crippen LogP contribution in [0.15, 0.2) is 23.1 Å². The van der Waals surface area contributed by atoms with Gasteiger partial charge in [0, 0.05) is 37.1 Å². The maximum Gasteiger partial charge on any atom is 0.293 e. The number of nitrogens with one attached hydrogen (secondary N) is 1. The lowest BCUT2D eigenvalue weighted by Crippen LogP contribution is -2.46. The van der Waals surface area contributed by atoms with E-state index >= 15 is 0 Å². The number of hydrogen-bond acceptors (Lipinski definition) is 8. The van der Waals surface area contributed by atoms with Gasteiger partial charge in [0.05, 0.1) is 15.5 Å². The van der Waals surface area contributed by atoms with Gasteiger partial charge in [-0.2, -0.15) is 0 Å². The lowest BCUT2D eigenvalue weighted by Gasteiger charge is -2.35. The maximum absolute atomic E-state index is 11.9. The molecule has 0 atom stereocenters. The Balaban J connectivity index is 1.82. The number of hydrogen-bond donors (Lipinski definition) is 1.